The number of ether oxygens (including phenoxy) is 1. The molecule has 2 unspecified atom stereocenters. The van der Waals surface area contributed by atoms with Gasteiger partial charge in [0.25, 0.3) is 0 Å². The van der Waals surface area contributed by atoms with Gasteiger partial charge in [-0.25, -0.2) is 4.39 Å². The molecule has 0 fully saturated rings. The Morgan fingerprint density at radius 3 is 2.67 bits per heavy atom. The van der Waals surface area contributed by atoms with Gasteiger partial charge in [-0.05, 0) is 31.9 Å². The van der Waals surface area contributed by atoms with Gasteiger partial charge < -0.3 is 10.5 Å². The third kappa shape index (κ3) is 4.23. The third-order valence-corrected chi connectivity index (χ3v) is 3.29. The number of nitrogens with two attached hydrogens (primary N) is 1. The summed E-state index contributed by atoms with van der Waals surface area (Å²) in [5.41, 5.74) is 6.59. The molecule has 0 aliphatic heterocycles. The molecule has 0 radical (unpaired) electrons. The fourth-order valence-corrected chi connectivity index (χ4v) is 2.25. The van der Waals surface area contributed by atoms with Crippen LogP contribution in [0, 0.1) is 5.82 Å². The van der Waals surface area contributed by atoms with Crippen LogP contribution in [0.25, 0.3) is 0 Å². The van der Waals surface area contributed by atoms with Gasteiger partial charge in [0.1, 0.15) is 5.82 Å². The smallest absolute Gasteiger partial charge is 0.127 e. The van der Waals surface area contributed by atoms with Gasteiger partial charge >= 0.3 is 0 Å². The Hall–Kier alpha value is -0.640. The van der Waals surface area contributed by atoms with Crippen molar-refractivity contribution >= 4 is 11.6 Å². The van der Waals surface area contributed by atoms with Crippen LogP contribution in [0.4, 0.5) is 4.39 Å². The first-order valence-corrected chi connectivity index (χ1v) is 6.78. The van der Waals surface area contributed by atoms with E-state index in [0.717, 1.165) is 12.8 Å². The average molecular weight is 274 g/mol. The van der Waals surface area contributed by atoms with E-state index >= 15 is 0 Å². The van der Waals surface area contributed by atoms with Crippen molar-refractivity contribution in [3.63, 3.8) is 0 Å². The molecule has 1 rings (SSSR count). The second-order valence-electron chi connectivity index (χ2n) is 4.35. The first-order valence-electron chi connectivity index (χ1n) is 6.40. The van der Waals surface area contributed by atoms with Gasteiger partial charge in [0.15, 0.2) is 0 Å². The number of halogens is 2. The van der Waals surface area contributed by atoms with Gasteiger partial charge in [-0.15, -0.1) is 0 Å². The van der Waals surface area contributed by atoms with E-state index in [1.165, 1.54) is 6.07 Å². The van der Waals surface area contributed by atoms with Gasteiger partial charge in [-0.2, -0.15) is 0 Å². The Balaban J connectivity index is 2.75. The molecule has 0 aliphatic carbocycles. The SMILES string of the molecule is CCCC(OCC)C(N)Cc1c(F)cccc1Cl. The Morgan fingerprint density at radius 1 is 1.39 bits per heavy atom. The molecule has 0 bridgehead atoms. The lowest BCUT2D eigenvalue weighted by atomic mass is 9.98. The van der Waals surface area contributed by atoms with Crippen LogP contribution in [0.3, 0.4) is 0 Å². The summed E-state index contributed by atoms with van der Waals surface area (Å²) in [4.78, 5) is 0. The number of rotatable bonds is 7. The summed E-state index contributed by atoms with van der Waals surface area (Å²) in [6, 6.07) is 4.45. The minimum absolute atomic E-state index is 0.0457. The largest absolute Gasteiger partial charge is 0.377 e. The highest BCUT2D eigenvalue weighted by molar-refractivity contribution is 6.31. The second kappa shape index (κ2) is 7.72. The van der Waals surface area contributed by atoms with Crippen LogP contribution in [0.1, 0.15) is 32.3 Å². The van der Waals surface area contributed by atoms with Crippen LogP contribution >= 0.6 is 11.6 Å². The van der Waals surface area contributed by atoms with Crippen molar-refractivity contribution in [2.75, 3.05) is 6.61 Å². The lowest BCUT2D eigenvalue weighted by Crippen LogP contribution is -2.39. The molecule has 0 saturated heterocycles. The monoisotopic (exact) mass is 273 g/mol. The van der Waals surface area contributed by atoms with Crippen LogP contribution in [-0.2, 0) is 11.2 Å². The molecule has 2 nitrogen and oxygen atoms in total. The fraction of sp³-hybridized carbons (Fsp3) is 0.571. The van der Waals surface area contributed by atoms with Crippen LogP contribution < -0.4 is 5.73 Å². The molecule has 2 N–H and O–H groups in total. The van der Waals surface area contributed by atoms with Crippen LogP contribution in [-0.4, -0.2) is 18.8 Å². The van der Waals surface area contributed by atoms with Gasteiger partial charge in [-0.3, -0.25) is 0 Å². The zero-order valence-electron chi connectivity index (χ0n) is 11.0. The molecule has 0 spiro atoms. The molecule has 102 valence electrons. The minimum atomic E-state index is -0.301. The van der Waals surface area contributed by atoms with E-state index in [2.05, 4.69) is 6.92 Å². The third-order valence-electron chi connectivity index (χ3n) is 2.93. The first-order chi connectivity index (χ1) is 8.60. The highest BCUT2D eigenvalue weighted by Gasteiger charge is 2.20. The zero-order chi connectivity index (χ0) is 13.5. The Labute approximate surface area is 113 Å². The quantitative estimate of drug-likeness (QED) is 0.824. The Bertz CT molecular complexity index is 347. The zero-order valence-corrected chi connectivity index (χ0v) is 11.7. The van der Waals surface area contributed by atoms with Gasteiger partial charge in [0.2, 0.25) is 0 Å². The van der Waals surface area contributed by atoms with E-state index in [1.807, 2.05) is 6.92 Å². The standard InChI is InChI=1S/C14H21ClFNO/c1-3-6-14(18-4-2)13(17)9-10-11(15)7-5-8-12(10)16/h5,7-8,13-14H,3-4,6,9,17H2,1-2H3. The van der Waals surface area contributed by atoms with E-state index in [9.17, 15) is 4.39 Å². The summed E-state index contributed by atoms with van der Waals surface area (Å²) in [5, 5.41) is 0.428. The molecule has 4 heteroatoms. The first kappa shape index (κ1) is 15.4. The van der Waals surface area contributed by atoms with E-state index < -0.39 is 0 Å². The summed E-state index contributed by atoms with van der Waals surface area (Å²) in [6.45, 7) is 4.63. The topological polar surface area (TPSA) is 35.2 Å². The van der Waals surface area contributed by atoms with Crippen molar-refractivity contribution in [1.29, 1.82) is 0 Å². The maximum Gasteiger partial charge on any atom is 0.127 e. The summed E-state index contributed by atoms with van der Waals surface area (Å²) >= 11 is 6.00. The summed E-state index contributed by atoms with van der Waals surface area (Å²) < 4.78 is 19.3. The van der Waals surface area contributed by atoms with E-state index in [4.69, 9.17) is 22.1 Å². The van der Waals surface area contributed by atoms with Gasteiger partial charge in [0.05, 0.1) is 6.10 Å². The van der Waals surface area contributed by atoms with Crippen LogP contribution in [0.5, 0.6) is 0 Å². The van der Waals surface area contributed by atoms with Crippen molar-refractivity contribution in [1.82, 2.24) is 0 Å². The number of hydrogen-bond acceptors (Lipinski definition) is 2. The van der Waals surface area contributed by atoms with Crippen LogP contribution in [0.15, 0.2) is 18.2 Å². The molecule has 1 aromatic rings. The lowest BCUT2D eigenvalue weighted by Gasteiger charge is -2.24. The molecule has 2 atom stereocenters. The highest BCUT2D eigenvalue weighted by atomic mass is 35.5. The molecular formula is C14H21ClFNO. The van der Waals surface area contributed by atoms with Gasteiger partial charge in [-0.1, -0.05) is 31.0 Å². The predicted molar refractivity (Wildman–Crippen MR) is 73.4 cm³/mol. The lowest BCUT2D eigenvalue weighted by molar-refractivity contribution is 0.0377. The van der Waals surface area contributed by atoms with Crippen molar-refractivity contribution in [2.45, 2.75) is 45.3 Å². The maximum atomic E-state index is 13.7. The maximum absolute atomic E-state index is 13.7. The highest BCUT2D eigenvalue weighted by Crippen LogP contribution is 2.22. The summed E-state index contributed by atoms with van der Waals surface area (Å²) in [6.07, 6.45) is 2.22. The molecule has 1 aromatic carbocycles. The van der Waals surface area contributed by atoms with Gasteiger partial charge in [0, 0.05) is 23.2 Å². The van der Waals surface area contributed by atoms with E-state index in [0.29, 0.717) is 23.6 Å². The summed E-state index contributed by atoms with van der Waals surface area (Å²) in [5.74, 6) is -0.301. The molecule has 0 heterocycles. The summed E-state index contributed by atoms with van der Waals surface area (Å²) in [7, 11) is 0. The molecule has 0 aromatic heterocycles. The minimum Gasteiger partial charge on any atom is -0.377 e. The van der Waals surface area contributed by atoms with Crippen molar-refractivity contribution in [2.24, 2.45) is 5.73 Å². The average Bonchev–Trinajstić information content (AvgIpc) is 2.33. The Morgan fingerprint density at radius 2 is 2.11 bits per heavy atom. The molecule has 0 saturated carbocycles. The van der Waals surface area contributed by atoms with Crippen molar-refractivity contribution in [3.05, 3.63) is 34.6 Å². The predicted octanol–water partition coefficient (Wildman–Crippen LogP) is 3.55. The molecule has 0 aliphatic rings. The fourth-order valence-electron chi connectivity index (χ4n) is 2.01. The normalized spacial score (nSPS) is 14.5. The molecule has 0 amide bonds. The van der Waals surface area contributed by atoms with E-state index in [1.54, 1.807) is 12.1 Å². The molecule has 18 heavy (non-hydrogen) atoms. The number of hydrogen-bond donors (Lipinski definition) is 1. The van der Waals surface area contributed by atoms with Crippen molar-refractivity contribution < 1.29 is 9.13 Å². The number of benzene rings is 1. The second-order valence-corrected chi connectivity index (χ2v) is 4.76. The molecular weight excluding hydrogens is 253 g/mol. The van der Waals surface area contributed by atoms with E-state index in [-0.39, 0.29) is 18.0 Å². The van der Waals surface area contributed by atoms with Crippen molar-refractivity contribution in [3.8, 4) is 0 Å². The Kier molecular flexibility index (Phi) is 6.61. The van der Waals surface area contributed by atoms with Crippen LogP contribution in [0.2, 0.25) is 5.02 Å².